The summed E-state index contributed by atoms with van der Waals surface area (Å²) in [5.41, 5.74) is 0.528. The molecule has 4 nitrogen and oxygen atoms in total. The SMILES string of the molecule is CC(c1ccc(F)cc1F)N1CCN(c2ncc(Br)cn2)CC1. The van der Waals surface area contributed by atoms with Crippen molar-refractivity contribution in [2.24, 2.45) is 0 Å². The topological polar surface area (TPSA) is 32.3 Å². The molecule has 3 rings (SSSR count). The zero-order valence-electron chi connectivity index (χ0n) is 12.7. The number of hydrogen-bond donors (Lipinski definition) is 0. The average molecular weight is 383 g/mol. The molecule has 23 heavy (non-hydrogen) atoms. The molecule has 0 spiro atoms. The minimum atomic E-state index is -0.546. The summed E-state index contributed by atoms with van der Waals surface area (Å²) in [4.78, 5) is 12.9. The van der Waals surface area contributed by atoms with Crippen LogP contribution in [-0.4, -0.2) is 41.0 Å². The summed E-state index contributed by atoms with van der Waals surface area (Å²) in [5.74, 6) is -0.333. The van der Waals surface area contributed by atoms with Crippen LogP contribution in [0.4, 0.5) is 14.7 Å². The van der Waals surface area contributed by atoms with Gasteiger partial charge in [0.05, 0.1) is 4.47 Å². The molecule has 2 aromatic rings. The Morgan fingerprint density at radius 2 is 1.74 bits per heavy atom. The van der Waals surface area contributed by atoms with E-state index >= 15 is 0 Å². The molecule has 0 bridgehead atoms. The number of benzene rings is 1. The minimum Gasteiger partial charge on any atom is -0.338 e. The number of aromatic nitrogens is 2. The van der Waals surface area contributed by atoms with Gasteiger partial charge in [-0.05, 0) is 28.9 Å². The van der Waals surface area contributed by atoms with E-state index in [1.807, 2.05) is 6.92 Å². The van der Waals surface area contributed by atoms with Gasteiger partial charge in [0.1, 0.15) is 11.6 Å². The zero-order valence-corrected chi connectivity index (χ0v) is 14.3. The van der Waals surface area contributed by atoms with Gasteiger partial charge in [-0.2, -0.15) is 0 Å². The summed E-state index contributed by atoms with van der Waals surface area (Å²) in [5, 5.41) is 0. The van der Waals surface area contributed by atoms with E-state index in [0.29, 0.717) is 11.5 Å². The van der Waals surface area contributed by atoms with Gasteiger partial charge in [-0.3, -0.25) is 4.90 Å². The molecule has 1 aliphatic rings. The molecular weight excluding hydrogens is 366 g/mol. The van der Waals surface area contributed by atoms with Crippen LogP contribution >= 0.6 is 15.9 Å². The molecule has 1 aliphatic heterocycles. The first-order chi connectivity index (χ1) is 11.0. The van der Waals surface area contributed by atoms with E-state index in [1.165, 1.54) is 12.1 Å². The Kier molecular flexibility index (Phi) is 4.87. The summed E-state index contributed by atoms with van der Waals surface area (Å²) in [6.45, 7) is 5.04. The lowest BCUT2D eigenvalue weighted by Gasteiger charge is -2.38. The van der Waals surface area contributed by atoms with Gasteiger partial charge < -0.3 is 4.90 Å². The van der Waals surface area contributed by atoms with Crippen molar-refractivity contribution in [2.75, 3.05) is 31.1 Å². The van der Waals surface area contributed by atoms with Crippen LogP contribution in [0.2, 0.25) is 0 Å². The zero-order chi connectivity index (χ0) is 16.4. The Bertz CT molecular complexity index is 672. The number of nitrogens with zero attached hydrogens (tertiary/aromatic N) is 4. The monoisotopic (exact) mass is 382 g/mol. The van der Waals surface area contributed by atoms with Crippen molar-refractivity contribution in [1.29, 1.82) is 0 Å². The number of hydrogen-bond acceptors (Lipinski definition) is 4. The first-order valence-electron chi connectivity index (χ1n) is 7.46. The van der Waals surface area contributed by atoms with Crippen molar-refractivity contribution in [3.63, 3.8) is 0 Å². The van der Waals surface area contributed by atoms with Crippen LogP contribution in [0.15, 0.2) is 35.1 Å². The molecule has 1 atom stereocenters. The molecule has 122 valence electrons. The third kappa shape index (κ3) is 3.67. The van der Waals surface area contributed by atoms with E-state index in [4.69, 9.17) is 0 Å². The largest absolute Gasteiger partial charge is 0.338 e. The first-order valence-corrected chi connectivity index (χ1v) is 8.25. The number of piperazine rings is 1. The second-order valence-electron chi connectivity index (χ2n) is 5.57. The van der Waals surface area contributed by atoms with Crippen LogP contribution in [0.1, 0.15) is 18.5 Å². The van der Waals surface area contributed by atoms with Crippen LogP contribution in [0, 0.1) is 11.6 Å². The van der Waals surface area contributed by atoms with Crippen LogP contribution in [0.25, 0.3) is 0 Å². The molecule has 1 fully saturated rings. The predicted molar refractivity (Wildman–Crippen MR) is 88.3 cm³/mol. The molecule has 0 aliphatic carbocycles. The molecular formula is C16H17BrF2N4. The van der Waals surface area contributed by atoms with Gasteiger partial charge in [0.2, 0.25) is 5.95 Å². The molecule has 1 aromatic carbocycles. The molecule has 1 aromatic heterocycles. The molecule has 7 heteroatoms. The van der Waals surface area contributed by atoms with Crippen molar-refractivity contribution < 1.29 is 8.78 Å². The Labute approximate surface area is 142 Å². The van der Waals surface area contributed by atoms with Crippen LogP contribution in [0.3, 0.4) is 0 Å². The van der Waals surface area contributed by atoms with Crippen LogP contribution in [0.5, 0.6) is 0 Å². The lowest BCUT2D eigenvalue weighted by Crippen LogP contribution is -2.47. The van der Waals surface area contributed by atoms with E-state index in [9.17, 15) is 8.78 Å². The van der Waals surface area contributed by atoms with Crippen LogP contribution in [-0.2, 0) is 0 Å². The smallest absolute Gasteiger partial charge is 0.225 e. The molecule has 1 unspecified atom stereocenters. The maximum Gasteiger partial charge on any atom is 0.225 e. The number of rotatable bonds is 3. The van der Waals surface area contributed by atoms with Crippen molar-refractivity contribution in [1.82, 2.24) is 14.9 Å². The average Bonchev–Trinajstić information content (AvgIpc) is 2.55. The lowest BCUT2D eigenvalue weighted by molar-refractivity contribution is 0.194. The fourth-order valence-electron chi connectivity index (χ4n) is 2.81. The second kappa shape index (κ2) is 6.88. The molecule has 0 radical (unpaired) electrons. The van der Waals surface area contributed by atoms with Gasteiger partial charge in [0.15, 0.2) is 0 Å². The molecule has 0 saturated carbocycles. The van der Waals surface area contributed by atoms with Gasteiger partial charge in [0.25, 0.3) is 0 Å². The van der Waals surface area contributed by atoms with Gasteiger partial charge in [0, 0.05) is 56.2 Å². The molecule has 0 N–H and O–H groups in total. The van der Waals surface area contributed by atoms with Gasteiger partial charge >= 0.3 is 0 Å². The van der Waals surface area contributed by atoms with E-state index in [-0.39, 0.29) is 6.04 Å². The summed E-state index contributed by atoms with van der Waals surface area (Å²) in [7, 11) is 0. The predicted octanol–water partition coefficient (Wildman–Crippen LogP) is 3.40. The third-order valence-electron chi connectivity index (χ3n) is 4.16. The Morgan fingerprint density at radius 1 is 1.09 bits per heavy atom. The maximum atomic E-state index is 13.9. The minimum absolute atomic E-state index is 0.0939. The highest BCUT2D eigenvalue weighted by atomic mass is 79.9. The maximum absolute atomic E-state index is 13.9. The van der Waals surface area contributed by atoms with E-state index in [2.05, 4.69) is 35.7 Å². The molecule has 1 saturated heterocycles. The highest BCUT2D eigenvalue weighted by Crippen LogP contribution is 2.25. The van der Waals surface area contributed by atoms with Crippen molar-refractivity contribution in [3.05, 3.63) is 52.3 Å². The summed E-state index contributed by atoms with van der Waals surface area (Å²) >= 11 is 3.32. The van der Waals surface area contributed by atoms with E-state index in [1.54, 1.807) is 12.4 Å². The molecule has 0 amide bonds. The lowest BCUT2D eigenvalue weighted by atomic mass is 10.1. The number of halogens is 3. The fraction of sp³-hybridized carbons (Fsp3) is 0.375. The Hall–Kier alpha value is -1.60. The normalized spacial score (nSPS) is 17.3. The van der Waals surface area contributed by atoms with Crippen molar-refractivity contribution in [3.8, 4) is 0 Å². The second-order valence-corrected chi connectivity index (χ2v) is 6.48. The van der Waals surface area contributed by atoms with Crippen LogP contribution < -0.4 is 4.90 Å². The third-order valence-corrected chi connectivity index (χ3v) is 4.57. The van der Waals surface area contributed by atoms with E-state index in [0.717, 1.165) is 36.7 Å². The van der Waals surface area contributed by atoms with E-state index < -0.39 is 11.6 Å². The summed E-state index contributed by atoms with van der Waals surface area (Å²) in [6, 6.07) is 3.68. The summed E-state index contributed by atoms with van der Waals surface area (Å²) < 4.78 is 27.8. The first kappa shape index (κ1) is 16.3. The highest BCUT2D eigenvalue weighted by Gasteiger charge is 2.25. The highest BCUT2D eigenvalue weighted by molar-refractivity contribution is 9.10. The van der Waals surface area contributed by atoms with Crippen molar-refractivity contribution >= 4 is 21.9 Å². The Morgan fingerprint density at radius 3 is 2.35 bits per heavy atom. The number of anilines is 1. The Balaban J connectivity index is 1.65. The standard InChI is InChI=1S/C16H17BrF2N4/c1-11(14-3-2-13(18)8-15(14)19)22-4-6-23(7-5-22)16-20-9-12(17)10-21-16/h2-3,8-11H,4-7H2,1H3. The van der Waals surface area contributed by atoms with Crippen molar-refractivity contribution in [2.45, 2.75) is 13.0 Å². The van der Waals surface area contributed by atoms with Gasteiger partial charge in [-0.25, -0.2) is 18.7 Å². The van der Waals surface area contributed by atoms with Gasteiger partial charge in [-0.15, -0.1) is 0 Å². The fourth-order valence-corrected chi connectivity index (χ4v) is 3.02. The summed E-state index contributed by atoms with van der Waals surface area (Å²) in [6.07, 6.45) is 3.45. The quantitative estimate of drug-likeness (QED) is 0.814. The molecule has 2 heterocycles. The van der Waals surface area contributed by atoms with Gasteiger partial charge in [-0.1, -0.05) is 6.07 Å².